The van der Waals surface area contributed by atoms with Crippen molar-refractivity contribution in [3.05, 3.63) is 35.7 Å². The van der Waals surface area contributed by atoms with Gasteiger partial charge in [-0.3, -0.25) is 0 Å². The summed E-state index contributed by atoms with van der Waals surface area (Å²) in [6, 6.07) is 4.20. The minimum Gasteiger partial charge on any atom is -0.356 e. The molecule has 7 nitrogen and oxygen atoms in total. The van der Waals surface area contributed by atoms with Crippen molar-refractivity contribution in [3.63, 3.8) is 0 Å². The van der Waals surface area contributed by atoms with E-state index in [4.69, 9.17) is 4.99 Å². The summed E-state index contributed by atoms with van der Waals surface area (Å²) in [7, 11) is 6.10. The number of nitrogens with zero attached hydrogens (tertiary/aromatic N) is 6. The van der Waals surface area contributed by atoms with Crippen molar-refractivity contribution in [2.75, 3.05) is 25.6 Å². The van der Waals surface area contributed by atoms with E-state index < -0.39 is 0 Å². The van der Waals surface area contributed by atoms with E-state index >= 15 is 0 Å². The number of thioether (sulfide) groups is 1. The summed E-state index contributed by atoms with van der Waals surface area (Å²) < 4.78 is 4.11. The van der Waals surface area contributed by atoms with E-state index in [-0.39, 0.29) is 24.0 Å². The van der Waals surface area contributed by atoms with Crippen molar-refractivity contribution in [3.8, 4) is 0 Å². The lowest BCUT2D eigenvalue weighted by atomic mass is 10.4. The molecule has 0 saturated heterocycles. The molecule has 0 fully saturated rings. The van der Waals surface area contributed by atoms with Crippen LogP contribution in [-0.2, 0) is 27.2 Å². The predicted molar refractivity (Wildman–Crippen MR) is 120 cm³/mol. The minimum atomic E-state index is 0. The standard InChI is InChI=1S/C17H29N7S.HI/c1-14-20-21-16(24(14)4)12-19-17(18-9-7-11-25-5)23(3)13-15-8-6-10-22(15)2;/h6,8,10H,7,9,11-13H2,1-5H3,(H,18,19);1H. The Balaban J connectivity index is 0.00000338. The zero-order chi connectivity index (χ0) is 18.2. The van der Waals surface area contributed by atoms with Gasteiger partial charge in [0.25, 0.3) is 0 Å². The lowest BCUT2D eigenvalue weighted by Gasteiger charge is -2.23. The molecule has 0 aliphatic heterocycles. The quantitative estimate of drug-likeness (QED) is 0.266. The summed E-state index contributed by atoms with van der Waals surface area (Å²) >= 11 is 1.86. The Bertz CT molecular complexity index is 695. The van der Waals surface area contributed by atoms with Crippen LogP contribution in [-0.4, -0.2) is 55.8 Å². The average molecular weight is 491 g/mol. The molecule has 9 heteroatoms. The van der Waals surface area contributed by atoms with Crippen LogP contribution in [0.2, 0.25) is 0 Å². The third kappa shape index (κ3) is 6.49. The normalized spacial score (nSPS) is 11.3. The first-order valence-electron chi connectivity index (χ1n) is 8.46. The van der Waals surface area contributed by atoms with Gasteiger partial charge in [-0.05, 0) is 37.5 Å². The van der Waals surface area contributed by atoms with E-state index in [1.54, 1.807) is 0 Å². The van der Waals surface area contributed by atoms with Crippen LogP contribution in [0.1, 0.15) is 23.8 Å². The second-order valence-corrected chi connectivity index (χ2v) is 7.09. The highest BCUT2D eigenvalue weighted by Crippen LogP contribution is 2.05. The predicted octanol–water partition coefficient (Wildman–Crippen LogP) is 2.41. The van der Waals surface area contributed by atoms with Gasteiger partial charge in [-0.1, -0.05) is 0 Å². The zero-order valence-corrected chi connectivity index (χ0v) is 19.4. The smallest absolute Gasteiger partial charge is 0.194 e. The summed E-state index contributed by atoms with van der Waals surface area (Å²) in [5.74, 6) is 3.80. The summed E-state index contributed by atoms with van der Waals surface area (Å²) in [5, 5.41) is 11.8. The van der Waals surface area contributed by atoms with Crippen molar-refractivity contribution >= 4 is 41.7 Å². The molecule has 0 saturated carbocycles. The Kier molecular flexibility index (Phi) is 10.1. The Morgan fingerprint density at radius 3 is 2.69 bits per heavy atom. The highest BCUT2D eigenvalue weighted by atomic mass is 127. The maximum Gasteiger partial charge on any atom is 0.194 e. The molecule has 2 aromatic heterocycles. The molecule has 1 N–H and O–H groups in total. The second-order valence-electron chi connectivity index (χ2n) is 6.10. The van der Waals surface area contributed by atoms with E-state index in [1.165, 1.54) is 5.69 Å². The average Bonchev–Trinajstić information content (AvgIpc) is 3.14. The van der Waals surface area contributed by atoms with Gasteiger partial charge in [-0.2, -0.15) is 11.8 Å². The summed E-state index contributed by atoms with van der Waals surface area (Å²) in [6.45, 7) is 4.17. The first kappa shape index (κ1) is 22.8. The van der Waals surface area contributed by atoms with Crippen LogP contribution in [0, 0.1) is 6.92 Å². The molecule has 0 aromatic carbocycles. The number of nitrogens with one attached hydrogen (secondary N) is 1. The number of halogens is 1. The lowest BCUT2D eigenvalue weighted by molar-refractivity contribution is 0.459. The first-order valence-corrected chi connectivity index (χ1v) is 9.85. The van der Waals surface area contributed by atoms with Gasteiger partial charge >= 0.3 is 0 Å². The van der Waals surface area contributed by atoms with E-state index in [1.807, 2.05) is 30.3 Å². The molecule has 2 rings (SSSR count). The Morgan fingerprint density at radius 1 is 1.35 bits per heavy atom. The topological polar surface area (TPSA) is 63.3 Å². The van der Waals surface area contributed by atoms with Crippen LogP contribution >= 0.6 is 35.7 Å². The van der Waals surface area contributed by atoms with Crippen LogP contribution < -0.4 is 5.32 Å². The Morgan fingerprint density at radius 2 is 2.12 bits per heavy atom. The van der Waals surface area contributed by atoms with Crippen LogP contribution in [0.25, 0.3) is 0 Å². The molecule has 0 atom stereocenters. The van der Waals surface area contributed by atoms with Gasteiger partial charge in [0.15, 0.2) is 11.8 Å². The maximum absolute atomic E-state index is 4.77. The molecular weight excluding hydrogens is 461 g/mol. The van der Waals surface area contributed by atoms with Crippen molar-refractivity contribution < 1.29 is 0 Å². The van der Waals surface area contributed by atoms with E-state index in [2.05, 4.69) is 63.7 Å². The summed E-state index contributed by atoms with van der Waals surface area (Å²) in [5.41, 5.74) is 1.25. The minimum absolute atomic E-state index is 0. The molecule has 2 aromatic rings. The van der Waals surface area contributed by atoms with E-state index in [0.29, 0.717) is 6.54 Å². The number of aromatic nitrogens is 4. The lowest BCUT2D eigenvalue weighted by Crippen LogP contribution is -2.39. The number of guanidine groups is 1. The fraction of sp³-hybridized carbons (Fsp3) is 0.588. The van der Waals surface area contributed by atoms with Crippen LogP contribution in [0.5, 0.6) is 0 Å². The summed E-state index contributed by atoms with van der Waals surface area (Å²) in [4.78, 5) is 6.92. The number of rotatable bonds is 8. The van der Waals surface area contributed by atoms with Gasteiger partial charge in [0, 0.05) is 39.6 Å². The van der Waals surface area contributed by atoms with Gasteiger partial charge in [0.2, 0.25) is 0 Å². The molecule has 0 amide bonds. The Labute approximate surface area is 177 Å². The molecule has 2 heterocycles. The molecule has 0 aliphatic carbocycles. The van der Waals surface area contributed by atoms with Crippen molar-refractivity contribution in [2.24, 2.45) is 19.1 Å². The fourth-order valence-corrected chi connectivity index (χ4v) is 2.87. The highest BCUT2D eigenvalue weighted by Gasteiger charge is 2.10. The first-order chi connectivity index (χ1) is 12.0. The SMILES string of the molecule is CSCCCNC(=NCc1nnc(C)n1C)N(C)Cc1cccn1C.I. The van der Waals surface area contributed by atoms with Gasteiger partial charge < -0.3 is 19.4 Å². The van der Waals surface area contributed by atoms with Gasteiger partial charge in [-0.15, -0.1) is 34.2 Å². The highest BCUT2D eigenvalue weighted by molar-refractivity contribution is 14.0. The number of aliphatic imine (C=N–C) groups is 1. The fourth-order valence-electron chi connectivity index (χ4n) is 2.44. The molecule has 0 unspecified atom stereocenters. The van der Waals surface area contributed by atoms with Crippen molar-refractivity contribution in [1.29, 1.82) is 0 Å². The molecule has 146 valence electrons. The summed E-state index contributed by atoms with van der Waals surface area (Å²) in [6.07, 6.45) is 5.31. The van der Waals surface area contributed by atoms with Gasteiger partial charge in [0.1, 0.15) is 12.4 Å². The Hall–Kier alpha value is -1.23. The molecule has 0 radical (unpaired) electrons. The number of aryl methyl sites for hydroxylation is 2. The van der Waals surface area contributed by atoms with Crippen LogP contribution in [0.3, 0.4) is 0 Å². The maximum atomic E-state index is 4.77. The van der Waals surface area contributed by atoms with Crippen molar-refractivity contribution in [1.82, 2.24) is 29.5 Å². The molecule has 0 aliphatic rings. The van der Waals surface area contributed by atoms with E-state index in [9.17, 15) is 0 Å². The third-order valence-electron chi connectivity index (χ3n) is 4.17. The number of hydrogen-bond donors (Lipinski definition) is 1. The van der Waals surface area contributed by atoms with Crippen LogP contribution in [0.15, 0.2) is 23.3 Å². The van der Waals surface area contributed by atoms with Gasteiger partial charge in [0.05, 0.1) is 6.54 Å². The zero-order valence-electron chi connectivity index (χ0n) is 16.3. The molecule has 0 bridgehead atoms. The molecule has 0 spiro atoms. The van der Waals surface area contributed by atoms with Crippen LogP contribution in [0.4, 0.5) is 0 Å². The third-order valence-corrected chi connectivity index (χ3v) is 4.87. The van der Waals surface area contributed by atoms with Gasteiger partial charge in [-0.25, -0.2) is 4.99 Å². The number of hydrogen-bond acceptors (Lipinski definition) is 4. The molecule has 26 heavy (non-hydrogen) atoms. The van der Waals surface area contributed by atoms with Crippen molar-refractivity contribution in [2.45, 2.75) is 26.4 Å². The molecular formula is C17H30IN7S. The van der Waals surface area contributed by atoms with E-state index in [0.717, 1.165) is 42.9 Å². The second kappa shape index (κ2) is 11.5. The monoisotopic (exact) mass is 491 g/mol. The largest absolute Gasteiger partial charge is 0.356 e.